The first kappa shape index (κ1) is 23.1. The lowest BCUT2D eigenvalue weighted by atomic mass is 10.0. The summed E-state index contributed by atoms with van der Waals surface area (Å²) in [5, 5.41) is 4.69. The number of nitrogens with one attached hydrogen (secondary N) is 1. The second-order valence-corrected chi connectivity index (χ2v) is 9.75. The molecule has 1 amide bonds. The van der Waals surface area contributed by atoms with Crippen LogP contribution in [0.25, 0.3) is 0 Å². The Morgan fingerprint density at radius 3 is 2.41 bits per heavy atom. The van der Waals surface area contributed by atoms with Gasteiger partial charge in [-0.2, -0.15) is 0 Å². The summed E-state index contributed by atoms with van der Waals surface area (Å²) >= 11 is 13.8. The molecule has 2 aromatic rings. The van der Waals surface area contributed by atoms with Gasteiger partial charge in [0.25, 0.3) is 0 Å². The molecule has 168 valence electrons. The van der Waals surface area contributed by atoms with Crippen LogP contribution in [0, 0.1) is 0 Å². The number of rotatable bonds is 5. The van der Waals surface area contributed by atoms with Gasteiger partial charge < -0.3 is 10.1 Å². The molecule has 1 spiro atoms. The van der Waals surface area contributed by atoms with Gasteiger partial charge in [-0.15, -0.1) is 0 Å². The third-order valence-corrected chi connectivity index (χ3v) is 7.35. The monoisotopic (exact) mass is 489 g/mol. The van der Waals surface area contributed by atoms with Crippen LogP contribution in [0.3, 0.4) is 0 Å². The highest BCUT2D eigenvalue weighted by Crippen LogP contribution is 2.38. The van der Waals surface area contributed by atoms with Gasteiger partial charge in [0.15, 0.2) is 5.66 Å². The summed E-state index contributed by atoms with van der Waals surface area (Å²) in [7, 11) is 1.61. The van der Waals surface area contributed by atoms with Crippen LogP contribution in [0.5, 0.6) is 5.75 Å². The van der Waals surface area contributed by atoms with E-state index < -0.39 is 5.66 Å². The highest BCUT2D eigenvalue weighted by atomic mass is 35.5. The van der Waals surface area contributed by atoms with E-state index in [4.69, 9.17) is 37.9 Å². The standard InChI is InChI=1S/C24H25Cl2N3O2S/c1-31-18-9-7-17(8-10-18)27-21(30)15-32-23-22(16-6-11-19(25)20(26)14-16)28-24(29-23)12-4-2-3-5-13-24/h6-11,14H,2-5,12-13,15H2,1H3,(H,27,30). The van der Waals surface area contributed by atoms with Crippen LogP contribution in [0.1, 0.15) is 44.1 Å². The summed E-state index contributed by atoms with van der Waals surface area (Å²) in [5.74, 6) is 0.883. The van der Waals surface area contributed by atoms with Crippen LogP contribution >= 0.6 is 35.0 Å². The molecule has 1 N–H and O–H groups in total. The Bertz CT molecular complexity index is 1050. The summed E-state index contributed by atoms with van der Waals surface area (Å²) in [5.41, 5.74) is 1.98. The van der Waals surface area contributed by atoms with E-state index in [1.54, 1.807) is 13.2 Å². The second-order valence-electron chi connectivity index (χ2n) is 7.97. The number of thioether (sulfide) groups is 1. The minimum atomic E-state index is -0.424. The Labute approximate surface area is 202 Å². The predicted molar refractivity (Wildman–Crippen MR) is 135 cm³/mol. The first-order chi connectivity index (χ1) is 15.5. The van der Waals surface area contributed by atoms with Crippen LogP contribution in [-0.2, 0) is 4.79 Å². The van der Waals surface area contributed by atoms with Crippen molar-refractivity contribution in [2.24, 2.45) is 9.98 Å². The molecule has 0 atom stereocenters. The number of carbonyl (C=O) groups is 1. The van der Waals surface area contributed by atoms with Crippen molar-refractivity contribution in [2.75, 3.05) is 18.2 Å². The van der Waals surface area contributed by atoms with Crippen LogP contribution in [0.15, 0.2) is 52.4 Å². The maximum Gasteiger partial charge on any atom is 0.234 e. The number of aliphatic imine (C=N–C) groups is 2. The molecule has 1 saturated carbocycles. The second kappa shape index (κ2) is 10.3. The number of benzene rings is 2. The number of amides is 1. The average Bonchev–Trinajstić information content (AvgIpc) is 2.99. The maximum atomic E-state index is 12.6. The highest BCUT2D eigenvalue weighted by molar-refractivity contribution is 8.16. The number of nitrogens with zero attached hydrogens (tertiary/aromatic N) is 2. The third-order valence-electron chi connectivity index (χ3n) is 5.64. The zero-order chi connectivity index (χ0) is 22.6. The number of hydrogen-bond donors (Lipinski definition) is 1. The van der Waals surface area contributed by atoms with Crippen molar-refractivity contribution in [1.82, 2.24) is 0 Å². The lowest BCUT2D eigenvalue weighted by Crippen LogP contribution is -2.20. The van der Waals surface area contributed by atoms with Gasteiger partial charge in [0.2, 0.25) is 5.91 Å². The minimum absolute atomic E-state index is 0.0989. The van der Waals surface area contributed by atoms with Crippen molar-refractivity contribution in [3.05, 3.63) is 58.1 Å². The minimum Gasteiger partial charge on any atom is -0.497 e. The molecule has 0 saturated heterocycles. The van der Waals surface area contributed by atoms with E-state index in [2.05, 4.69) is 5.32 Å². The SMILES string of the molecule is COc1ccc(NC(=O)CSC2=NC3(CCCCCC3)N=C2c2ccc(Cl)c(Cl)c2)cc1. The average molecular weight is 490 g/mol. The molecule has 0 radical (unpaired) electrons. The van der Waals surface area contributed by atoms with Gasteiger partial charge in [-0.05, 0) is 62.1 Å². The van der Waals surface area contributed by atoms with Crippen molar-refractivity contribution >= 4 is 57.3 Å². The Kier molecular flexibility index (Phi) is 7.44. The number of halogens is 2. The van der Waals surface area contributed by atoms with Crippen molar-refractivity contribution in [2.45, 2.75) is 44.2 Å². The molecule has 5 nitrogen and oxygen atoms in total. The van der Waals surface area contributed by atoms with E-state index in [0.717, 1.165) is 53.4 Å². The fraction of sp³-hybridized carbons (Fsp3) is 0.375. The molecule has 4 rings (SSSR count). The lowest BCUT2D eigenvalue weighted by Gasteiger charge is -2.20. The third kappa shape index (κ3) is 5.48. The van der Waals surface area contributed by atoms with Gasteiger partial charge in [-0.1, -0.05) is 53.9 Å². The topological polar surface area (TPSA) is 63.0 Å². The Balaban J connectivity index is 1.51. The van der Waals surface area contributed by atoms with Gasteiger partial charge in [0.1, 0.15) is 10.8 Å². The van der Waals surface area contributed by atoms with E-state index in [0.29, 0.717) is 10.0 Å². The van der Waals surface area contributed by atoms with Crippen molar-refractivity contribution in [3.8, 4) is 5.75 Å². The van der Waals surface area contributed by atoms with Gasteiger partial charge in [0.05, 0.1) is 28.6 Å². The Morgan fingerprint density at radius 2 is 1.75 bits per heavy atom. The molecule has 32 heavy (non-hydrogen) atoms. The van der Waals surface area contributed by atoms with Crippen LogP contribution in [0.2, 0.25) is 10.0 Å². The van der Waals surface area contributed by atoms with E-state index in [1.807, 2.05) is 36.4 Å². The lowest BCUT2D eigenvalue weighted by molar-refractivity contribution is -0.113. The Hall–Kier alpha value is -2.02. The summed E-state index contributed by atoms with van der Waals surface area (Å²) in [6.45, 7) is 0. The summed E-state index contributed by atoms with van der Waals surface area (Å²) < 4.78 is 5.16. The summed E-state index contributed by atoms with van der Waals surface area (Å²) in [6.07, 6.45) is 6.50. The molecule has 1 fully saturated rings. The zero-order valence-corrected chi connectivity index (χ0v) is 20.2. The smallest absolute Gasteiger partial charge is 0.234 e. The normalized spacial score (nSPS) is 17.5. The van der Waals surface area contributed by atoms with E-state index in [-0.39, 0.29) is 11.7 Å². The van der Waals surface area contributed by atoms with Gasteiger partial charge in [-0.25, -0.2) is 4.99 Å². The maximum absolute atomic E-state index is 12.6. The number of methoxy groups -OCH3 is 1. The largest absolute Gasteiger partial charge is 0.497 e. The van der Waals surface area contributed by atoms with E-state index >= 15 is 0 Å². The molecule has 0 unspecified atom stereocenters. The summed E-state index contributed by atoms with van der Waals surface area (Å²) in [6, 6.07) is 12.8. The summed E-state index contributed by atoms with van der Waals surface area (Å²) in [4.78, 5) is 22.7. The molecule has 1 heterocycles. The quantitative estimate of drug-likeness (QED) is 0.512. The molecule has 2 aromatic carbocycles. The molecule has 0 aromatic heterocycles. The molecule has 1 aliphatic carbocycles. The molecular formula is C24H25Cl2N3O2S. The van der Waals surface area contributed by atoms with Crippen LogP contribution in [0.4, 0.5) is 5.69 Å². The highest BCUT2D eigenvalue weighted by Gasteiger charge is 2.37. The van der Waals surface area contributed by atoms with Gasteiger partial charge >= 0.3 is 0 Å². The molecule has 2 aliphatic rings. The van der Waals surface area contributed by atoms with Crippen LogP contribution in [-0.4, -0.2) is 35.2 Å². The van der Waals surface area contributed by atoms with E-state index in [1.165, 1.54) is 24.6 Å². The Morgan fingerprint density at radius 1 is 1.03 bits per heavy atom. The van der Waals surface area contributed by atoms with Crippen molar-refractivity contribution in [1.29, 1.82) is 0 Å². The first-order valence-corrected chi connectivity index (χ1v) is 12.4. The van der Waals surface area contributed by atoms with Crippen molar-refractivity contribution in [3.63, 3.8) is 0 Å². The molecule has 0 bridgehead atoms. The zero-order valence-electron chi connectivity index (χ0n) is 17.9. The number of hydrogen-bond acceptors (Lipinski definition) is 5. The van der Waals surface area contributed by atoms with Crippen LogP contribution < -0.4 is 10.1 Å². The van der Waals surface area contributed by atoms with Gasteiger partial charge in [0, 0.05) is 11.3 Å². The van der Waals surface area contributed by atoms with Crippen molar-refractivity contribution < 1.29 is 9.53 Å². The number of ether oxygens (including phenoxy) is 1. The molecule has 8 heteroatoms. The number of carbonyl (C=O) groups excluding carboxylic acids is 1. The fourth-order valence-corrected chi connectivity index (χ4v) is 5.15. The first-order valence-electron chi connectivity index (χ1n) is 10.7. The molecule has 1 aliphatic heterocycles. The van der Waals surface area contributed by atoms with E-state index in [9.17, 15) is 4.79 Å². The molecular weight excluding hydrogens is 465 g/mol. The number of anilines is 1. The van der Waals surface area contributed by atoms with Gasteiger partial charge in [-0.3, -0.25) is 9.79 Å². The predicted octanol–water partition coefficient (Wildman–Crippen LogP) is 6.63. The fourth-order valence-electron chi connectivity index (χ4n) is 3.98.